The van der Waals surface area contributed by atoms with Crippen LogP contribution in [0, 0.1) is 5.41 Å². The first kappa shape index (κ1) is 16.8. The number of piperidine rings is 1. The number of benzene rings is 2. The number of rotatable bonds is 3. The van der Waals surface area contributed by atoms with Crippen molar-refractivity contribution in [2.24, 2.45) is 5.41 Å². The van der Waals surface area contributed by atoms with Crippen molar-refractivity contribution in [3.63, 3.8) is 0 Å². The van der Waals surface area contributed by atoms with Gasteiger partial charge in [-0.3, -0.25) is 4.79 Å². The van der Waals surface area contributed by atoms with Gasteiger partial charge in [-0.2, -0.15) is 0 Å². The van der Waals surface area contributed by atoms with Gasteiger partial charge < -0.3 is 10.1 Å². The third-order valence-electron chi connectivity index (χ3n) is 4.46. The van der Waals surface area contributed by atoms with Crippen LogP contribution >= 0.6 is 12.4 Å². The minimum Gasteiger partial charge on any atom is -0.497 e. The third-order valence-corrected chi connectivity index (χ3v) is 4.46. The van der Waals surface area contributed by atoms with Crippen LogP contribution < -0.4 is 10.1 Å². The number of fused-ring (bicyclic) bond motifs is 1. The first-order valence-electron chi connectivity index (χ1n) is 7.46. The Morgan fingerprint density at radius 2 is 1.91 bits per heavy atom. The Labute approximate surface area is 137 Å². The van der Waals surface area contributed by atoms with Crippen LogP contribution in [-0.4, -0.2) is 26.0 Å². The normalized spacial score (nSPS) is 21.2. The number of methoxy groups -OCH3 is 1. The molecule has 3 rings (SSSR count). The van der Waals surface area contributed by atoms with Gasteiger partial charge in [0, 0.05) is 17.5 Å². The SMILES string of the molecule is COc1ccc2cc(C(=O)C3(C)CCCNC3)ccc2c1.Cl. The maximum Gasteiger partial charge on any atom is 0.170 e. The Morgan fingerprint density at radius 3 is 2.59 bits per heavy atom. The molecule has 2 aromatic rings. The van der Waals surface area contributed by atoms with Gasteiger partial charge in [0.1, 0.15) is 5.75 Å². The molecule has 1 fully saturated rings. The summed E-state index contributed by atoms with van der Waals surface area (Å²) in [7, 11) is 1.66. The van der Waals surface area contributed by atoms with Gasteiger partial charge in [0.25, 0.3) is 0 Å². The number of halogens is 1. The molecule has 1 atom stereocenters. The van der Waals surface area contributed by atoms with Crippen LogP contribution in [0.3, 0.4) is 0 Å². The largest absolute Gasteiger partial charge is 0.497 e. The van der Waals surface area contributed by atoms with E-state index in [0.29, 0.717) is 0 Å². The minimum absolute atomic E-state index is 0. The van der Waals surface area contributed by atoms with Gasteiger partial charge in [0.2, 0.25) is 0 Å². The van der Waals surface area contributed by atoms with Gasteiger partial charge in [-0.15, -0.1) is 12.4 Å². The first-order valence-corrected chi connectivity index (χ1v) is 7.46. The average Bonchev–Trinajstić information content (AvgIpc) is 2.53. The zero-order chi connectivity index (χ0) is 14.9. The molecule has 1 N–H and O–H groups in total. The molecule has 22 heavy (non-hydrogen) atoms. The topological polar surface area (TPSA) is 38.3 Å². The molecule has 2 aromatic carbocycles. The molecule has 1 saturated heterocycles. The molecule has 1 aliphatic heterocycles. The van der Waals surface area contributed by atoms with E-state index < -0.39 is 0 Å². The fraction of sp³-hybridized carbons (Fsp3) is 0.389. The number of Topliss-reactive ketones (excluding diaryl/α,β-unsaturated/α-hetero) is 1. The lowest BCUT2D eigenvalue weighted by molar-refractivity contribution is 0.0773. The first-order chi connectivity index (χ1) is 10.1. The molecule has 0 radical (unpaired) electrons. The number of hydrogen-bond acceptors (Lipinski definition) is 3. The minimum atomic E-state index is -0.279. The van der Waals surface area contributed by atoms with Crippen LogP contribution in [0.1, 0.15) is 30.1 Å². The Balaban J connectivity index is 0.00000176. The Morgan fingerprint density at radius 1 is 1.18 bits per heavy atom. The predicted molar refractivity (Wildman–Crippen MR) is 92.3 cm³/mol. The quantitative estimate of drug-likeness (QED) is 0.873. The van der Waals surface area contributed by atoms with E-state index in [1.165, 1.54) is 0 Å². The Hall–Kier alpha value is -1.58. The summed E-state index contributed by atoms with van der Waals surface area (Å²) in [6.07, 6.45) is 2.02. The molecule has 0 bridgehead atoms. The predicted octanol–water partition coefficient (Wildman–Crippen LogP) is 3.84. The summed E-state index contributed by atoms with van der Waals surface area (Å²) in [5.74, 6) is 1.08. The number of carbonyl (C=O) groups excluding carboxylic acids is 1. The van der Waals surface area contributed by atoms with Crippen molar-refractivity contribution in [2.45, 2.75) is 19.8 Å². The monoisotopic (exact) mass is 319 g/mol. The molecule has 0 amide bonds. The smallest absolute Gasteiger partial charge is 0.170 e. The lowest BCUT2D eigenvalue weighted by atomic mass is 9.76. The van der Waals surface area contributed by atoms with Crippen molar-refractivity contribution in [3.05, 3.63) is 42.0 Å². The van der Waals surface area contributed by atoms with Crippen LogP contribution in [-0.2, 0) is 0 Å². The number of carbonyl (C=O) groups is 1. The van der Waals surface area contributed by atoms with Crippen LogP contribution in [0.25, 0.3) is 10.8 Å². The van der Waals surface area contributed by atoms with Crippen LogP contribution in [0.4, 0.5) is 0 Å². The van der Waals surface area contributed by atoms with Crippen LogP contribution in [0.15, 0.2) is 36.4 Å². The summed E-state index contributed by atoms with van der Waals surface area (Å²) in [5.41, 5.74) is 0.525. The highest BCUT2D eigenvalue weighted by molar-refractivity contribution is 6.03. The lowest BCUT2D eigenvalue weighted by Crippen LogP contribution is -2.43. The molecule has 4 heteroatoms. The second-order valence-corrected chi connectivity index (χ2v) is 6.10. The van der Waals surface area contributed by atoms with Gasteiger partial charge in [-0.1, -0.05) is 25.1 Å². The maximum absolute atomic E-state index is 12.8. The molecule has 1 unspecified atom stereocenters. The van der Waals surface area contributed by atoms with E-state index in [1.807, 2.05) is 36.4 Å². The van der Waals surface area contributed by atoms with E-state index in [2.05, 4.69) is 12.2 Å². The fourth-order valence-electron chi connectivity index (χ4n) is 3.09. The van der Waals surface area contributed by atoms with Crippen molar-refractivity contribution in [1.82, 2.24) is 5.32 Å². The number of nitrogens with one attached hydrogen (secondary N) is 1. The van der Waals surface area contributed by atoms with E-state index in [0.717, 1.165) is 48.0 Å². The van der Waals surface area contributed by atoms with Gasteiger partial charge in [-0.05, 0) is 48.4 Å². The molecule has 3 nitrogen and oxygen atoms in total. The standard InChI is InChI=1S/C18H21NO2.ClH/c1-18(8-3-9-19-12-18)17(20)15-5-4-14-11-16(21-2)7-6-13(14)10-15;/h4-7,10-11,19H,3,8-9,12H2,1-2H3;1H. The number of ether oxygens (including phenoxy) is 1. The summed E-state index contributed by atoms with van der Waals surface area (Å²) in [6.45, 7) is 3.85. The highest BCUT2D eigenvalue weighted by Crippen LogP contribution is 2.31. The van der Waals surface area contributed by atoms with Crippen LogP contribution in [0.5, 0.6) is 5.75 Å². The second-order valence-electron chi connectivity index (χ2n) is 6.10. The highest BCUT2D eigenvalue weighted by Gasteiger charge is 2.35. The summed E-state index contributed by atoms with van der Waals surface area (Å²) < 4.78 is 5.24. The third kappa shape index (κ3) is 3.11. The molecule has 1 heterocycles. The summed E-state index contributed by atoms with van der Waals surface area (Å²) in [6, 6.07) is 11.9. The van der Waals surface area contributed by atoms with Gasteiger partial charge in [0.05, 0.1) is 7.11 Å². The van der Waals surface area contributed by atoms with E-state index in [1.54, 1.807) is 7.11 Å². The summed E-state index contributed by atoms with van der Waals surface area (Å²) >= 11 is 0. The number of ketones is 1. The fourth-order valence-corrected chi connectivity index (χ4v) is 3.09. The van der Waals surface area contributed by atoms with Gasteiger partial charge in [0.15, 0.2) is 5.78 Å². The number of hydrogen-bond donors (Lipinski definition) is 1. The van der Waals surface area contributed by atoms with Crippen molar-refractivity contribution >= 4 is 29.0 Å². The Kier molecular flexibility index (Phi) is 5.09. The summed E-state index contributed by atoms with van der Waals surface area (Å²) in [4.78, 5) is 12.8. The Bertz CT molecular complexity index is 678. The zero-order valence-corrected chi connectivity index (χ0v) is 13.8. The lowest BCUT2D eigenvalue weighted by Gasteiger charge is -2.32. The molecule has 0 aromatic heterocycles. The van der Waals surface area contributed by atoms with E-state index in [-0.39, 0.29) is 23.6 Å². The highest BCUT2D eigenvalue weighted by atomic mass is 35.5. The van der Waals surface area contributed by atoms with Gasteiger partial charge in [-0.25, -0.2) is 0 Å². The van der Waals surface area contributed by atoms with Crippen LogP contribution in [0.2, 0.25) is 0 Å². The van der Waals surface area contributed by atoms with Crippen molar-refractivity contribution in [3.8, 4) is 5.75 Å². The van der Waals surface area contributed by atoms with Crippen molar-refractivity contribution in [1.29, 1.82) is 0 Å². The zero-order valence-electron chi connectivity index (χ0n) is 13.0. The molecule has 0 saturated carbocycles. The van der Waals surface area contributed by atoms with Gasteiger partial charge >= 0.3 is 0 Å². The average molecular weight is 320 g/mol. The summed E-state index contributed by atoms with van der Waals surface area (Å²) in [5, 5.41) is 5.51. The second kappa shape index (κ2) is 6.67. The van der Waals surface area contributed by atoms with Crippen molar-refractivity contribution in [2.75, 3.05) is 20.2 Å². The van der Waals surface area contributed by atoms with E-state index >= 15 is 0 Å². The van der Waals surface area contributed by atoms with Crippen molar-refractivity contribution < 1.29 is 9.53 Å². The molecule has 0 spiro atoms. The molecular formula is C18H22ClNO2. The molecule has 118 valence electrons. The van der Waals surface area contributed by atoms with E-state index in [9.17, 15) is 4.79 Å². The molecular weight excluding hydrogens is 298 g/mol. The molecule has 1 aliphatic rings. The molecule has 0 aliphatic carbocycles. The van der Waals surface area contributed by atoms with E-state index in [4.69, 9.17) is 4.74 Å². The maximum atomic E-state index is 12.8.